The summed E-state index contributed by atoms with van der Waals surface area (Å²) in [6.07, 6.45) is 3.46. The predicted molar refractivity (Wildman–Crippen MR) is 93.2 cm³/mol. The van der Waals surface area contributed by atoms with Crippen molar-refractivity contribution in [2.75, 3.05) is 10.6 Å². The highest BCUT2D eigenvalue weighted by Gasteiger charge is 2.09. The van der Waals surface area contributed by atoms with Gasteiger partial charge in [0.1, 0.15) is 6.54 Å². The Balaban J connectivity index is 1.56. The lowest BCUT2D eigenvalue weighted by Gasteiger charge is -2.07. The van der Waals surface area contributed by atoms with Crippen molar-refractivity contribution in [2.24, 2.45) is 7.05 Å². The van der Waals surface area contributed by atoms with Gasteiger partial charge in [-0.15, -0.1) is 0 Å². The first-order chi connectivity index (χ1) is 12.0. The molecule has 1 aromatic carbocycles. The number of amides is 2. The van der Waals surface area contributed by atoms with Crippen molar-refractivity contribution < 1.29 is 9.59 Å². The minimum Gasteiger partial charge on any atom is -0.324 e. The summed E-state index contributed by atoms with van der Waals surface area (Å²) >= 11 is 0. The van der Waals surface area contributed by atoms with E-state index in [-0.39, 0.29) is 18.4 Å². The van der Waals surface area contributed by atoms with E-state index in [0.29, 0.717) is 17.1 Å². The van der Waals surface area contributed by atoms with Gasteiger partial charge in [0.25, 0.3) is 5.91 Å². The van der Waals surface area contributed by atoms with Gasteiger partial charge in [0.15, 0.2) is 5.69 Å². The molecule has 128 valence electrons. The number of carbonyl (C=O) groups is 2. The Morgan fingerprint density at radius 3 is 2.20 bits per heavy atom. The Kier molecular flexibility index (Phi) is 4.60. The maximum Gasteiger partial charge on any atom is 0.276 e. The molecule has 0 aliphatic rings. The minimum absolute atomic E-state index is 0.145. The first kappa shape index (κ1) is 16.4. The molecule has 2 N–H and O–H groups in total. The van der Waals surface area contributed by atoms with Gasteiger partial charge in [0.05, 0.1) is 5.69 Å². The smallest absolute Gasteiger partial charge is 0.276 e. The van der Waals surface area contributed by atoms with Crippen LogP contribution < -0.4 is 10.6 Å². The van der Waals surface area contributed by atoms with Gasteiger partial charge in [-0.1, -0.05) is 0 Å². The zero-order valence-electron chi connectivity index (χ0n) is 13.9. The van der Waals surface area contributed by atoms with Crippen LogP contribution in [0.5, 0.6) is 0 Å². The van der Waals surface area contributed by atoms with Crippen LogP contribution in [0.15, 0.2) is 48.8 Å². The van der Waals surface area contributed by atoms with Crippen LogP contribution in [-0.4, -0.2) is 31.4 Å². The van der Waals surface area contributed by atoms with Crippen molar-refractivity contribution in [3.63, 3.8) is 0 Å². The number of aromatic nitrogens is 4. The third kappa shape index (κ3) is 4.31. The quantitative estimate of drug-likeness (QED) is 0.742. The molecule has 0 saturated carbocycles. The highest BCUT2D eigenvalue weighted by atomic mass is 16.2. The minimum atomic E-state index is -0.286. The molecular formula is C17H18N6O2. The van der Waals surface area contributed by atoms with Crippen molar-refractivity contribution in [3.8, 4) is 0 Å². The van der Waals surface area contributed by atoms with E-state index in [1.54, 1.807) is 59.1 Å². The lowest BCUT2D eigenvalue weighted by molar-refractivity contribution is -0.116. The van der Waals surface area contributed by atoms with Gasteiger partial charge >= 0.3 is 0 Å². The van der Waals surface area contributed by atoms with E-state index in [9.17, 15) is 9.59 Å². The maximum absolute atomic E-state index is 12.0. The summed E-state index contributed by atoms with van der Waals surface area (Å²) in [5, 5.41) is 13.8. The zero-order valence-corrected chi connectivity index (χ0v) is 13.9. The van der Waals surface area contributed by atoms with Crippen LogP contribution >= 0.6 is 0 Å². The van der Waals surface area contributed by atoms with Crippen molar-refractivity contribution in [1.29, 1.82) is 0 Å². The van der Waals surface area contributed by atoms with Crippen LogP contribution in [0.4, 0.5) is 11.4 Å². The van der Waals surface area contributed by atoms with Gasteiger partial charge in [0, 0.05) is 30.8 Å². The van der Waals surface area contributed by atoms with Gasteiger partial charge < -0.3 is 10.6 Å². The number of anilines is 2. The van der Waals surface area contributed by atoms with Crippen molar-refractivity contribution in [1.82, 2.24) is 19.6 Å². The maximum atomic E-state index is 12.0. The van der Waals surface area contributed by atoms with Crippen LogP contribution in [0.1, 0.15) is 16.2 Å². The summed E-state index contributed by atoms with van der Waals surface area (Å²) < 4.78 is 3.14. The summed E-state index contributed by atoms with van der Waals surface area (Å²) in [7, 11) is 1.75. The Bertz CT molecular complexity index is 894. The molecule has 2 amide bonds. The summed E-state index contributed by atoms with van der Waals surface area (Å²) in [5.41, 5.74) is 2.47. The Morgan fingerprint density at radius 2 is 1.64 bits per heavy atom. The molecule has 8 heteroatoms. The molecule has 0 spiro atoms. The molecule has 0 aliphatic carbocycles. The van der Waals surface area contributed by atoms with Gasteiger partial charge in [0.2, 0.25) is 5.91 Å². The predicted octanol–water partition coefficient (Wildman–Crippen LogP) is 1.82. The summed E-state index contributed by atoms with van der Waals surface area (Å²) in [4.78, 5) is 24.0. The van der Waals surface area contributed by atoms with Crippen molar-refractivity contribution in [3.05, 3.63) is 60.2 Å². The topological polar surface area (TPSA) is 93.8 Å². The fraction of sp³-hybridized carbons (Fsp3) is 0.176. The van der Waals surface area contributed by atoms with Gasteiger partial charge in [-0.25, -0.2) is 0 Å². The molecule has 2 aromatic heterocycles. The van der Waals surface area contributed by atoms with E-state index in [1.165, 1.54) is 0 Å². The number of hydrogen-bond donors (Lipinski definition) is 2. The molecule has 0 aliphatic heterocycles. The number of nitrogens with one attached hydrogen (secondary N) is 2. The van der Waals surface area contributed by atoms with Crippen molar-refractivity contribution in [2.45, 2.75) is 13.5 Å². The van der Waals surface area contributed by atoms with Gasteiger partial charge in [-0.3, -0.25) is 19.0 Å². The van der Waals surface area contributed by atoms with Crippen LogP contribution in [0, 0.1) is 6.92 Å². The summed E-state index contributed by atoms with van der Waals surface area (Å²) in [5.74, 6) is -0.459. The molecule has 0 unspecified atom stereocenters. The zero-order chi connectivity index (χ0) is 17.8. The number of aryl methyl sites for hydroxylation is 2. The lowest BCUT2D eigenvalue weighted by Crippen LogP contribution is -2.19. The number of rotatable bonds is 5. The fourth-order valence-electron chi connectivity index (χ4n) is 2.27. The number of carbonyl (C=O) groups excluding carboxylic acids is 2. The SMILES string of the molecule is Cc1ccn(CC(=O)Nc2ccc(NC(=O)c3ccn(C)n3)cc2)n1. The molecule has 0 radical (unpaired) electrons. The van der Waals surface area contributed by atoms with E-state index in [1.807, 2.05) is 13.0 Å². The summed E-state index contributed by atoms with van der Waals surface area (Å²) in [6.45, 7) is 2.01. The van der Waals surface area contributed by atoms with E-state index < -0.39 is 0 Å². The number of benzene rings is 1. The fourth-order valence-corrected chi connectivity index (χ4v) is 2.27. The highest BCUT2D eigenvalue weighted by Crippen LogP contribution is 2.14. The molecule has 2 heterocycles. The monoisotopic (exact) mass is 338 g/mol. The molecule has 8 nitrogen and oxygen atoms in total. The molecule has 3 aromatic rings. The molecule has 0 atom stereocenters. The molecule has 0 saturated heterocycles. The van der Waals surface area contributed by atoms with Gasteiger partial charge in [-0.05, 0) is 43.3 Å². The van der Waals surface area contributed by atoms with Crippen LogP contribution in [0.3, 0.4) is 0 Å². The van der Waals surface area contributed by atoms with Crippen LogP contribution in [0.25, 0.3) is 0 Å². The standard InChI is InChI=1S/C17H18N6O2/c1-12-7-10-23(20-12)11-16(24)18-13-3-5-14(6-4-13)19-17(25)15-8-9-22(2)21-15/h3-10H,11H2,1-2H3,(H,18,24)(H,19,25). The molecule has 25 heavy (non-hydrogen) atoms. The van der Waals surface area contributed by atoms with Gasteiger partial charge in [-0.2, -0.15) is 10.2 Å². The molecular weight excluding hydrogens is 320 g/mol. The Labute approximate surface area is 144 Å². The second-order valence-corrected chi connectivity index (χ2v) is 5.61. The van der Waals surface area contributed by atoms with E-state index >= 15 is 0 Å². The second-order valence-electron chi connectivity index (χ2n) is 5.61. The van der Waals surface area contributed by atoms with Crippen LogP contribution in [0.2, 0.25) is 0 Å². The van der Waals surface area contributed by atoms with E-state index in [4.69, 9.17) is 0 Å². The van der Waals surface area contributed by atoms with Crippen molar-refractivity contribution >= 4 is 23.2 Å². The number of hydrogen-bond acceptors (Lipinski definition) is 4. The Morgan fingerprint density at radius 1 is 0.960 bits per heavy atom. The normalized spacial score (nSPS) is 10.5. The Hall–Kier alpha value is -3.42. The first-order valence-electron chi connectivity index (χ1n) is 7.70. The lowest BCUT2D eigenvalue weighted by atomic mass is 10.2. The van der Waals surface area contributed by atoms with Crippen LogP contribution in [-0.2, 0) is 18.4 Å². The average Bonchev–Trinajstić information content (AvgIpc) is 3.18. The highest BCUT2D eigenvalue weighted by molar-refractivity contribution is 6.03. The third-order valence-electron chi connectivity index (χ3n) is 3.45. The molecule has 3 rings (SSSR count). The summed E-state index contributed by atoms with van der Waals surface area (Å²) in [6, 6.07) is 10.4. The molecule has 0 fully saturated rings. The third-order valence-corrected chi connectivity index (χ3v) is 3.45. The largest absolute Gasteiger partial charge is 0.324 e. The number of nitrogens with zero attached hydrogens (tertiary/aromatic N) is 4. The van der Waals surface area contributed by atoms with E-state index in [2.05, 4.69) is 20.8 Å². The second kappa shape index (κ2) is 7.00. The first-order valence-corrected chi connectivity index (χ1v) is 7.70. The average molecular weight is 338 g/mol. The molecule has 0 bridgehead atoms. The van der Waals surface area contributed by atoms with E-state index in [0.717, 1.165) is 5.69 Å².